The second-order valence-electron chi connectivity index (χ2n) is 3.76. The van der Waals surface area contributed by atoms with Gasteiger partial charge in [0.2, 0.25) is 5.82 Å². The molecule has 0 spiro atoms. The van der Waals surface area contributed by atoms with Gasteiger partial charge in [0.15, 0.2) is 0 Å². The van der Waals surface area contributed by atoms with E-state index in [-0.39, 0.29) is 16.5 Å². The molecule has 0 aliphatic rings. The number of halogens is 2. The first-order valence-corrected chi connectivity index (χ1v) is 6.51. The molecule has 1 aromatic heterocycles. The molecule has 2 aromatic rings. The fraction of sp³-hybridized carbons (Fsp3) is 0.0833. The van der Waals surface area contributed by atoms with Crippen molar-refractivity contribution in [2.24, 2.45) is 0 Å². The lowest BCUT2D eigenvalue weighted by molar-refractivity contribution is -0.384. The smallest absolute Gasteiger partial charge is 0.312 e. The fourth-order valence-corrected chi connectivity index (χ4v) is 2.14. The zero-order valence-electron chi connectivity index (χ0n) is 9.64. The van der Waals surface area contributed by atoms with Crippen LogP contribution in [0.15, 0.2) is 41.0 Å². The Morgan fingerprint density at radius 2 is 2.21 bits per heavy atom. The summed E-state index contributed by atoms with van der Waals surface area (Å²) < 4.78 is 0.949. The van der Waals surface area contributed by atoms with Crippen molar-refractivity contribution in [1.29, 1.82) is 0 Å². The van der Waals surface area contributed by atoms with Crippen LogP contribution in [-0.4, -0.2) is 9.91 Å². The third-order valence-corrected chi connectivity index (χ3v) is 3.08. The molecule has 1 N–H and O–H groups in total. The van der Waals surface area contributed by atoms with Crippen LogP contribution in [0.5, 0.6) is 0 Å². The zero-order valence-corrected chi connectivity index (χ0v) is 12.0. The summed E-state index contributed by atoms with van der Waals surface area (Å²) in [4.78, 5) is 14.3. The van der Waals surface area contributed by atoms with Gasteiger partial charge in [-0.15, -0.1) is 0 Å². The standard InChI is InChI=1S/C12H9BrClN3O2/c13-9-3-1-2-8(4-9)6-15-12-11(17(18)19)5-10(14)7-16-12/h1-5,7H,6H2,(H,15,16). The number of pyridine rings is 1. The maximum Gasteiger partial charge on any atom is 0.312 e. The van der Waals surface area contributed by atoms with Crippen molar-refractivity contribution in [1.82, 2.24) is 4.98 Å². The Hall–Kier alpha value is -1.66. The third-order valence-electron chi connectivity index (χ3n) is 2.38. The van der Waals surface area contributed by atoms with Crippen LogP contribution in [0.4, 0.5) is 11.5 Å². The molecular formula is C12H9BrClN3O2. The molecule has 1 aromatic carbocycles. The van der Waals surface area contributed by atoms with E-state index in [1.54, 1.807) is 0 Å². The fourth-order valence-electron chi connectivity index (χ4n) is 1.54. The predicted molar refractivity (Wildman–Crippen MR) is 77.4 cm³/mol. The molecule has 0 amide bonds. The average molecular weight is 343 g/mol. The summed E-state index contributed by atoms with van der Waals surface area (Å²) in [6.45, 7) is 0.439. The van der Waals surface area contributed by atoms with E-state index in [0.717, 1.165) is 10.0 Å². The molecule has 0 bridgehead atoms. The van der Waals surface area contributed by atoms with Gasteiger partial charge in [0.05, 0.1) is 9.95 Å². The van der Waals surface area contributed by atoms with Crippen molar-refractivity contribution in [2.75, 3.05) is 5.32 Å². The second kappa shape index (κ2) is 5.99. The van der Waals surface area contributed by atoms with Crippen LogP contribution in [-0.2, 0) is 6.54 Å². The molecule has 2 rings (SSSR count). The minimum absolute atomic E-state index is 0.137. The van der Waals surface area contributed by atoms with E-state index in [4.69, 9.17) is 11.6 Å². The molecule has 5 nitrogen and oxygen atoms in total. The highest BCUT2D eigenvalue weighted by atomic mass is 79.9. The van der Waals surface area contributed by atoms with Crippen molar-refractivity contribution in [2.45, 2.75) is 6.54 Å². The Kier molecular flexibility index (Phi) is 4.34. The second-order valence-corrected chi connectivity index (χ2v) is 5.11. The molecule has 98 valence electrons. The van der Waals surface area contributed by atoms with Gasteiger partial charge in [-0.1, -0.05) is 39.7 Å². The molecule has 7 heteroatoms. The van der Waals surface area contributed by atoms with E-state index < -0.39 is 4.92 Å². The Morgan fingerprint density at radius 3 is 2.89 bits per heavy atom. The van der Waals surface area contributed by atoms with Crippen molar-refractivity contribution >= 4 is 39.0 Å². The summed E-state index contributed by atoms with van der Waals surface area (Å²) in [6, 6.07) is 8.92. The van der Waals surface area contributed by atoms with Crippen LogP contribution < -0.4 is 5.32 Å². The van der Waals surface area contributed by atoms with Gasteiger partial charge in [0, 0.05) is 23.3 Å². The van der Waals surface area contributed by atoms with Crippen LogP contribution in [0.2, 0.25) is 5.02 Å². The van der Waals surface area contributed by atoms with Crippen LogP contribution in [0, 0.1) is 10.1 Å². The maximum atomic E-state index is 10.9. The summed E-state index contributed by atoms with van der Waals surface area (Å²) in [5.41, 5.74) is 0.850. The van der Waals surface area contributed by atoms with Crippen molar-refractivity contribution in [3.63, 3.8) is 0 Å². The molecule has 0 aliphatic carbocycles. The number of aromatic nitrogens is 1. The normalized spacial score (nSPS) is 10.2. The third kappa shape index (κ3) is 3.65. The molecule has 1 heterocycles. The van der Waals surface area contributed by atoms with Gasteiger partial charge in [0.25, 0.3) is 0 Å². The molecule has 0 saturated carbocycles. The van der Waals surface area contributed by atoms with E-state index in [1.165, 1.54) is 12.3 Å². The van der Waals surface area contributed by atoms with Crippen molar-refractivity contribution in [3.8, 4) is 0 Å². The Bertz CT molecular complexity index is 622. The summed E-state index contributed by atoms with van der Waals surface area (Å²) in [5, 5.41) is 14.1. The van der Waals surface area contributed by atoms with Gasteiger partial charge >= 0.3 is 5.69 Å². The minimum atomic E-state index is -0.512. The number of hydrogen-bond donors (Lipinski definition) is 1. The molecule has 19 heavy (non-hydrogen) atoms. The monoisotopic (exact) mass is 341 g/mol. The SMILES string of the molecule is O=[N+]([O-])c1cc(Cl)cnc1NCc1cccc(Br)c1. The molecule has 0 radical (unpaired) electrons. The number of hydrogen-bond acceptors (Lipinski definition) is 4. The van der Waals surface area contributed by atoms with Crippen LogP contribution >= 0.6 is 27.5 Å². The lowest BCUT2D eigenvalue weighted by Gasteiger charge is -2.06. The van der Waals surface area contributed by atoms with Crippen LogP contribution in [0.25, 0.3) is 0 Å². The van der Waals surface area contributed by atoms with Gasteiger partial charge in [-0.2, -0.15) is 0 Å². The average Bonchev–Trinajstić information content (AvgIpc) is 2.37. The summed E-state index contributed by atoms with van der Waals surface area (Å²) in [6.07, 6.45) is 1.37. The number of benzene rings is 1. The van der Waals surface area contributed by atoms with Crippen LogP contribution in [0.3, 0.4) is 0 Å². The molecular weight excluding hydrogens is 334 g/mol. The lowest BCUT2D eigenvalue weighted by Crippen LogP contribution is -2.04. The Balaban J connectivity index is 2.17. The molecule has 0 unspecified atom stereocenters. The van der Waals surface area contributed by atoms with Crippen LogP contribution in [0.1, 0.15) is 5.56 Å². The largest absolute Gasteiger partial charge is 0.360 e. The number of anilines is 1. The Labute approximate surface area is 122 Å². The van der Waals surface area contributed by atoms with Crippen molar-refractivity contribution < 1.29 is 4.92 Å². The van der Waals surface area contributed by atoms with Gasteiger partial charge in [-0.3, -0.25) is 10.1 Å². The summed E-state index contributed by atoms with van der Waals surface area (Å²) in [7, 11) is 0. The maximum absolute atomic E-state index is 10.9. The number of nitrogens with one attached hydrogen (secondary N) is 1. The van der Waals surface area contributed by atoms with Gasteiger partial charge in [-0.25, -0.2) is 4.98 Å². The predicted octanol–water partition coefficient (Wildman–Crippen LogP) is 4.02. The first-order chi connectivity index (χ1) is 9.06. The molecule has 0 saturated heterocycles. The Morgan fingerprint density at radius 1 is 1.42 bits per heavy atom. The number of nitrogens with zero attached hydrogens (tertiary/aromatic N) is 2. The zero-order chi connectivity index (χ0) is 13.8. The van der Waals surface area contributed by atoms with E-state index in [0.29, 0.717) is 6.54 Å². The van der Waals surface area contributed by atoms with E-state index in [9.17, 15) is 10.1 Å². The van der Waals surface area contributed by atoms with E-state index >= 15 is 0 Å². The molecule has 0 fully saturated rings. The highest BCUT2D eigenvalue weighted by Gasteiger charge is 2.15. The van der Waals surface area contributed by atoms with E-state index in [2.05, 4.69) is 26.2 Å². The van der Waals surface area contributed by atoms with Gasteiger partial charge in [-0.05, 0) is 17.7 Å². The summed E-state index contributed by atoms with van der Waals surface area (Å²) >= 11 is 9.06. The highest BCUT2D eigenvalue weighted by molar-refractivity contribution is 9.10. The molecule has 0 atom stereocenters. The number of rotatable bonds is 4. The van der Waals surface area contributed by atoms with Crippen molar-refractivity contribution in [3.05, 3.63) is 61.7 Å². The first-order valence-electron chi connectivity index (χ1n) is 5.34. The quantitative estimate of drug-likeness (QED) is 0.673. The van der Waals surface area contributed by atoms with Gasteiger partial charge < -0.3 is 5.32 Å². The van der Waals surface area contributed by atoms with E-state index in [1.807, 2.05) is 24.3 Å². The number of nitro groups is 1. The topological polar surface area (TPSA) is 68.1 Å². The summed E-state index contributed by atoms with van der Waals surface area (Å²) in [5.74, 6) is 0.203. The van der Waals surface area contributed by atoms with Gasteiger partial charge in [0.1, 0.15) is 0 Å². The molecule has 0 aliphatic heterocycles. The minimum Gasteiger partial charge on any atom is -0.360 e. The lowest BCUT2D eigenvalue weighted by atomic mass is 10.2. The highest BCUT2D eigenvalue weighted by Crippen LogP contribution is 2.25. The first kappa shape index (κ1) is 13.8.